The van der Waals surface area contributed by atoms with E-state index in [2.05, 4.69) is 15.4 Å². The maximum Gasteiger partial charge on any atom is 0.269 e. The molecule has 26 heavy (non-hydrogen) atoms. The van der Waals surface area contributed by atoms with E-state index in [0.717, 1.165) is 11.4 Å². The van der Waals surface area contributed by atoms with Gasteiger partial charge in [0.1, 0.15) is 5.78 Å². The van der Waals surface area contributed by atoms with E-state index in [1.165, 1.54) is 23.9 Å². The van der Waals surface area contributed by atoms with Gasteiger partial charge in [0.15, 0.2) is 0 Å². The van der Waals surface area contributed by atoms with Gasteiger partial charge in [0.2, 0.25) is 11.1 Å². The minimum Gasteiger partial charge on any atom is -0.328 e. The molecular weight excluding hydrogens is 354 g/mol. The van der Waals surface area contributed by atoms with Crippen LogP contribution in [0, 0.1) is 16.0 Å². The molecule has 2 heterocycles. The first-order chi connectivity index (χ1) is 12.6. The van der Waals surface area contributed by atoms with E-state index in [9.17, 15) is 14.9 Å². The number of benzene rings is 1. The molecule has 4 rings (SSSR count). The number of Topliss-reactive ketones (excluding diaryl/α,β-unsaturated/α-hetero) is 1. The van der Waals surface area contributed by atoms with Crippen LogP contribution in [0.25, 0.3) is 0 Å². The van der Waals surface area contributed by atoms with E-state index >= 15 is 0 Å². The van der Waals surface area contributed by atoms with Crippen LogP contribution in [0.5, 0.6) is 0 Å². The molecule has 0 bridgehead atoms. The molecule has 1 N–H and O–H groups in total. The van der Waals surface area contributed by atoms with E-state index in [0.29, 0.717) is 29.5 Å². The first-order valence-electron chi connectivity index (χ1n) is 8.42. The van der Waals surface area contributed by atoms with Gasteiger partial charge in [-0.15, -0.1) is 5.10 Å². The molecule has 0 unspecified atom stereocenters. The van der Waals surface area contributed by atoms with Gasteiger partial charge in [-0.3, -0.25) is 14.9 Å². The number of nitrogens with zero attached hydrogens (tertiary/aromatic N) is 4. The summed E-state index contributed by atoms with van der Waals surface area (Å²) in [5.41, 5.74) is 1.50. The molecule has 0 fully saturated rings. The molecule has 0 saturated carbocycles. The molecular formula is C17H17N5O3S. The lowest BCUT2D eigenvalue weighted by atomic mass is 9.81. The van der Waals surface area contributed by atoms with Crippen molar-refractivity contribution in [3.63, 3.8) is 0 Å². The number of rotatable bonds is 4. The van der Waals surface area contributed by atoms with Crippen molar-refractivity contribution < 1.29 is 9.72 Å². The highest BCUT2D eigenvalue weighted by molar-refractivity contribution is 7.99. The van der Waals surface area contributed by atoms with Gasteiger partial charge < -0.3 is 5.32 Å². The Labute approximate surface area is 153 Å². The number of hydrogen-bond acceptors (Lipinski definition) is 7. The minimum absolute atomic E-state index is 0.000331. The van der Waals surface area contributed by atoms with Crippen molar-refractivity contribution in [1.29, 1.82) is 0 Å². The number of thioether (sulfide) groups is 1. The summed E-state index contributed by atoms with van der Waals surface area (Å²) in [6.07, 6.45) is 3.16. The normalized spacial score (nSPS) is 21.4. The van der Waals surface area contributed by atoms with Gasteiger partial charge in [0.05, 0.1) is 16.9 Å². The highest BCUT2D eigenvalue weighted by Gasteiger charge is 2.41. The van der Waals surface area contributed by atoms with Crippen LogP contribution in [0.1, 0.15) is 31.4 Å². The number of nitro groups is 1. The molecule has 1 aliphatic heterocycles. The number of non-ortho nitro benzene ring substituents is 1. The molecule has 1 aromatic carbocycles. The molecule has 0 radical (unpaired) electrons. The van der Waals surface area contributed by atoms with Gasteiger partial charge in [-0.1, -0.05) is 36.9 Å². The topological polar surface area (TPSA) is 103 Å². The monoisotopic (exact) mass is 371 g/mol. The number of carbonyl (C=O) groups is 1. The summed E-state index contributed by atoms with van der Waals surface area (Å²) >= 11 is 1.51. The number of carbonyl (C=O) groups excluding carboxylic acids is 1. The highest BCUT2D eigenvalue weighted by atomic mass is 32.2. The van der Waals surface area contributed by atoms with Gasteiger partial charge in [-0.25, -0.2) is 4.68 Å². The predicted octanol–water partition coefficient (Wildman–Crippen LogP) is 3.18. The SMILES string of the molecule is CCSc1nc2n(n1)[C@H](c1cccc([N+](=O)[O-])c1)[C@H]1C(=O)CCC=C1N2. The van der Waals surface area contributed by atoms with Crippen molar-refractivity contribution in [2.75, 3.05) is 11.1 Å². The third kappa shape index (κ3) is 2.78. The molecule has 134 valence electrons. The summed E-state index contributed by atoms with van der Waals surface area (Å²) in [5, 5.41) is 19.6. The summed E-state index contributed by atoms with van der Waals surface area (Å²) in [7, 11) is 0. The Bertz CT molecular complexity index is 923. The molecule has 0 amide bonds. The Hall–Kier alpha value is -2.68. The van der Waals surface area contributed by atoms with Crippen LogP contribution in [0.4, 0.5) is 11.6 Å². The number of fused-ring (bicyclic) bond motifs is 2. The van der Waals surface area contributed by atoms with Crippen molar-refractivity contribution in [1.82, 2.24) is 14.8 Å². The van der Waals surface area contributed by atoms with Crippen LogP contribution in [-0.4, -0.2) is 31.2 Å². The lowest BCUT2D eigenvalue weighted by Crippen LogP contribution is -2.38. The largest absolute Gasteiger partial charge is 0.328 e. The molecule has 2 aromatic rings. The number of anilines is 1. The second-order valence-corrected chi connectivity index (χ2v) is 7.39. The lowest BCUT2D eigenvalue weighted by Gasteiger charge is -2.36. The second kappa shape index (κ2) is 6.56. The molecule has 2 aliphatic rings. The van der Waals surface area contributed by atoms with E-state index < -0.39 is 16.9 Å². The average Bonchev–Trinajstić information content (AvgIpc) is 3.02. The zero-order chi connectivity index (χ0) is 18.3. The Kier molecular flexibility index (Phi) is 4.23. The van der Waals surface area contributed by atoms with Gasteiger partial charge in [0.25, 0.3) is 5.69 Å². The number of aromatic nitrogens is 3. The number of hydrogen-bond donors (Lipinski definition) is 1. The van der Waals surface area contributed by atoms with Gasteiger partial charge in [-0.2, -0.15) is 4.98 Å². The zero-order valence-electron chi connectivity index (χ0n) is 14.1. The lowest BCUT2D eigenvalue weighted by molar-refractivity contribution is -0.384. The highest BCUT2D eigenvalue weighted by Crippen LogP contribution is 2.42. The quantitative estimate of drug-likeness (QED) is 0.500. The number of nitro benzene ring substituents is 1. The predicted molar refractivity (Wildman–Crippen MR) is 97.1 cm³/mol. The van der Waals surface area contributed by atoms with Crippen LogP contribution in [-0.2, 0) is 4.79 Å². The third-order valence-corrected chi connectivity index (χ3v) is 5.30. The van der Waals surface area contributed by atoms with Gasteiger partial charge >= 0.3 is 0 Å². The average molecular weight is 371 g/mol. The van der Waals surface area contributed by atoms with E-state index in [4.69, 9.17) is 0 Å². The van der Waals surface area contributed by atoms with Crippen molar-refractivity contribution >= 4 is 29.2 Å². The molecule has 2 atom stereocenters. The van der Waals surface area contributed by atoms with Crippen molar-refractivity contribution in [2.24, 2.45) is 5.92 Å². The van der Waals surface area contributed by atoms with Crippen LogP contribution in [0.3, 0.4) is 0 Å². The number of nitrogens with one attached hydrogen (secondary N) is 1. The first-order valence-corrected chi connectivity index (χ1v) is 9.40. The van der Waals surface area contributed by atoms with Crippen molar-refractivity contribution in [3.8, 4) is 0 Å². The molecule has 9 heteroatoms. The maximum absolute atomic E-state index is 12.7. The van der Waals surface area contributed by atoms with Crippen LogP contribution < -0.4 is 5.32 Å². The van der Waals surface area contributed by atoms with Gasteiger partial charge in [0, 0.05) is 24.3 Å². The summed E-state index contributed by atoms with van der Waals surface area (Å²) in [4.78, 5) is 28.0. The number of allylic oxidation sites excluding steroid dienone is 2. The second-order valence-electron chi connectivity index (χ2n) is 6.16. The van der Waals surface area contributed by atoms with Crippen LogP contribution >= 0.6 is 11.8 Å². The zero-order valence-corrected chi connectivity index (χ0v) is 14.9. The summed E-state index contributed by atoms with van der Waals surface area (Å²) in [6.45, 7) is 2.02. The Balaban J connectivity index is 1.87. The van der Waals surface area contributed by atoms with Crippen LogP contribution in [0.2, 0.25) is 0 Å². The Morgan fingerprint density at radius 1 is 1.46 bits per heavy atom. The molecule has 1 aromatic heterocycles. The van der Waals surface area contributed by atoms with Crippen molar-refractivity contribution in [3.05, 3.63) is 51.7 Å². The van der Waals surface area contributed by atoms with E-state index in [-0.39, 0.29) is 11.5 Å². The van der Waals surface area contributed by atoms with E-state index in [1.807, 2.05) is 13.0 Å². The first kappa shape index (κ1) is 16.8. The molecule has 8 nitrogen and oxygen atoms in total. The smallest absolute Gasteiger partial charge is 0.269 e. The Morgan fingerprint density at radius 3 is 3.08 bits per heavy atom. The maximum atomic E-state index is 12.7. The van der Waals surface area contributed by atoms with Crippen LogP contribution in [0.15, 0.2) is 41.2 Å². The van der Waals surface area contributed by atoms with Crippen molar-refractivity contribution in [2.45, 2.75) is 31.0 Å². The molecule has 1 aliphatic carbocycles. The summed E-state index contributed by atoms with van der Waals surface area (Å²) in [5.74, 6) is 1.07. The Morgan fingerprint density at radius 2 is 2.31 bits per heavy atom. The number of ketones is 1. The summed E-state index contributed by atoms with van der Waals surface area (Å²) in [6, 6.07) is 5.98. The van der Waals surface area contributed by atoms with E-state index in [1.54, 1.807) is 16.8 Å². The minimum atomic E-state index is -0.441. The molecule has 0 spiro atoms. The third-order valence-electron chi connectivity index (χ3n) is 4.58. The van der Waals surface area contributed by atoms with Gasteiger partial charge in [-0.05, 0) is 17.7 Å². The summed E-state index contributed by atoms with van der Waals surface area (Å²) < 4.78 is 1.70. The fourth-order valence-corrected chi connectivity index (χ4v) is 4.06. The fraction of sp³-hybridized carbons (Fsp3) is 0.353. The fourth-order valence-electron chi connectivity index (χ4n) is 3.50. The molecule has 0 saturated heterocycles. The standard InChI is InChI=1S/C17H17N5O3S/c1-2-26-17-19-16-18-12-7-4-8-13(23)14(12)15(21(16)20-17)10-5-3-6-11(9-10)22(24)25/h3,5-7,9,14-15H,2,4,8H2,1H3,(H,18,19,20)/t14-,15-/m1/s1.